The van der Waals surface area contributed by atoms with Crippen LogP contribution in [0.1, 0.15) is 121 Å². The molecule has 0 fully saturated rings. The Kier molecular flexibility index (Phi) is 15.7. The molecule has 0 unspecified atom stereocenters. The molecule has 0 aliphatic rings. The molecule has 0 aliphatic heterocycles. The molecule has 0 bridgehead atoms. The highest BCUT2D eigenvalue weighted by molar-refractivity contribution is 5.66. The van der Waals surface area contributed by atoms with Crippen molar-refractivity contribution < 1.29 is 9.90 Å². The lowest BCUT2D eigenvalue weighted by atomic mass is 10.0. The van der Waals surface area contributed by atoms with Crippen LogP contribution in [0.25, 0.3) is 0 Å². The van der Waals surface area contributed by atoms with E-state index in [4.69, 9.17) is 5.11 Å². The fourth-order valence-electron chi connectivity index (χ4n) is 3.85. The van der Waals surface area contributed by atoms with Gasteiger partial charge < -0.3 is 9.67 Å². The summed E-state index contributed by atoms with van der Waals surface area (Å²) in [5.41, 5.74) is 0. The largest absolute Gasteiger partial charge is 0.481 e. The molecule has 4 nitrogen and oxygen atoms in total. The minimum absolute atomic E-state index is 0.339. The summed E-state index contributed by atoms with van der Waals surface area (Å²) in [5.74, 6) is 0.562. The number of hydrogen-bond acceptors (Lipinski definition) is 2. The average molecular weight is 393 g/mol. The number of carbonyl (C=O) groups is 1. The van der Waals surface area contributed by atoms with Gasteiger partial charge in [-0.1, -0.05) is 96.3 Å². The standard InChI is InChI=1S/C24H44N2O2/c1-26-22-21-25-23(26)19-17-15-13-11-9-7-5-3-2-4-6-8-10-12-14-16-18-20-24(27)28/h21-22H,2-20H2,1H3,(H,27,28). The molecule has 1 heterocycles. The van der Waals surface area contributed by atoms with E-state index in [0.717, 1.165) is 19.3 Å². The molecule has 0 radical (unpaired) electrons. The Balaban J connectivity index is 1.69. The number of carboxylic acids is 1. The van der Waals surface area contributed by atoms with Crippen molar-refractivity contribution in [2.24, 2.45) is 7.05 Å². The molecule has 162 valence electrons. The molecule has 28 heavy (non-hydrogen) atoms. The van der Waals surface area contributed by atoms with Crippen molar-refractivity contribution in [3.05, 3.63) is 18.2 Å². The van der Waals surface area contributed by atoms with Gasteiger partial charge in [0, 0.05) is 32.3 Å². The zero-order valence-corrected chi connectivity index (χ0v) is 18.3. The second-order valence-electron chi connectivity index (χ2n) is 8.36. The number of hydrogen-bond donors (Lipinski definition) is 1. The first kappa shape index (κ1) is 24.7. The van der Waals surface area contributed by atoms with E-state index >= 15 is 0 Å². The van der Waals surface area contributed by atoms with Crippen LogP contribution in [-0.2, 0) is 18.3 Å². The van der Waals surface area contributed by atoms with Crippen LogP contribution < -0.4 is 0 Å². The molecule has 1 rings (SSSR count). The Morgan fingerprint density at radius 1 is 0.750 bits per heavy atom. The van der Waals surface area contributed by atoms with Crippen molar-refractivity contribution in [1.82, 2.24) is 9.55 Å². The summed E-state index contributed by atoms with van der Waals surface area (Å²) in [6, 6.07) is 0. The zero-order valence-electron chi connectivity index (χ0n) is 18.3. The smallest absolute Gasteiger partial charge is 0.303 e. The van der Waals surface area contributed by atoms with E-state index in [1.54, 1.807) is 0 Å². The maximum Gasteiger partial charge on any atom is 0.303 e. The number of rotatable bonds is 20. The number of unbranched alkanes of at least 4 members (excludes halogenated alkanes) is 16. The molecule has 0 atom stereocenters. The Morgan fingerprint density at radius 2 is 1.14 bits per heavy atom. The van der Waals surface area contributed by atoms with Gasteiger partial charge in [0.2, 0.25) is 0 Å². The first-order valence-corrected chi connectivity index (χ1v) is 11.9. The fourth-order valence-corrected chi connectivity index (χ4v) is 3.85. The summed E-state index contributed by atoms with van der Waals surface area (Å²) in [4.78, 5) is 14.8. The van der Waals surface area contributed by atoms with Gasteiger partial charge in [0.05, 0.1) is 0 Å². The van der Waals surface area contributed by atoms with Gasteiger partial charge in [-0.15, -0.1) is 0 Å². The summed E-state index contributed by atoms with van der Waals surface area (Å²) < 4.78 is 2.13. The van der Waals surface area contributed by atoms with Crippen molar-refractivity contribution in [1.29, 1.82) is 0 Å². The predicted molar refractivity (Wildman–Crippen MR) is 118 cm³/mol. The summed E-state index contributed by atoms with van der Waals surface area (Å²) in [7, 11) is 2.08. The van der Waals surface area contributed by atoms with Crippen molar-refractivity contribution in [2.45, 2.75) is 122 Å². The summed E-state index contributed by atoms with van der Waals surface area (Å²) >= 11 is 0. The molecule has 0 saturated heterocycles. The molecule has 0 amide bonds. The van der Waals surface area contributed by atoms with Crippen molar-refractivity contribution in [3.63, 3.8) is 0 Å². The van der Waals surface area contributed by atoms with Gasteiger partial charge in [-0.3, -0.25) is 4.79 Å². The second-order valence-corrected chi connectivity index (χ2v) is 8.36. The molecular weight excluding hydrogens is 348 g/mol. The van der Waals surface area contributed by atoms with Crippen LogP contribution in [-0.4, -0.2) is 20.6 Å². The van der Waals surface area contributed by atoms with Gasteiger partial charge in [0.15, 0.2) is 0 Å². The average Bonchev–Trinajstić information content (AvgIpc) is 3.08. The topological polar surface area (TPSA) is 55.1 Å². The van der Waals surface area contributed by atoms with E-state index in [0.29, 0.717) is 6.42 Å². The highest BCUT2D eigenvalue weighted by Gasteiger charge is 1.99. The van der Waals surface area contributed by atoms with Gasteiger partial charge in [-0.05, 0) is 12.8 Å². The Hall–Kier alpha value is -1.32. The Labute approximate surface area is 173 Å². The summed E-state index contributed by atoms with van der Waals surface area (Å²) in [6.45, 7) is 0. The van der Waals surface area contributed by atoms with Crippen LogP contribution in [0.3, 0.4) is 0 Å². The van der Waals surface area contributed by atoms with E-state index in [2.05, 4.69) is 16.6 Å². The van der Waals surface area contributed by atoms with Gasteiger partial charge in [-0.25, -0.2) is 4.98 Å². The molecule has 0 aromatic carbocycles. The maximum absolute atomic E-state index is 10.4. The minimum atomic E-state index is -0.656. The van der Waals surface area contributed by atoms with Gasteiger partial charge in [-0.2, -0.15) is 0 Å². The van der Waals surface area contributed by atoms with Crippen LogP contribution in [0, 0.1) is 0 Å². The molecular formula is C24H44N2O2. The first-order valence-electron chi connectivity index (χ1n) is 11.9. The second kappa shape index (κ2) is 17.8. The van der Waals surface area contributed by atoms with Crippen LogP contribution in [0.4, 0.5) is 0 Å². The Bertz CT molecular complexity index is 485. The lowest BCUT2D eigenvalue weighted by Gasteiger charge is -2.04. The van der Waals surface area contributed by atoms with E-state index < -0.39 is 5.97 Å². The highest BCUT2D eigenvalue weighted by atomic mass is 16.4. The lowest BCUT2D eigenvalue weighted by molar-refractivity contribution is -0.137. The molecule has 1 N–H and O–H groups in total. The quantitative estimate of drug-likeness (QED) is 0.241. The van der Waals surface area contributed by atoms with Crippen LogP contribution in [0.2, 0.25) is 0 Å². The van der Waals surface area contributed by atoms with E-state index in [1.165, 1.54) is 102 Å². The number of aryl methyl sites for hydroxylation is 2. The number of imidazole rings is 1. The fraction of sp³-hybridized carbons (Fsp3) is 0.833. The zero-order chi connectivity index (χ0) is 20.3. The number of carboxylic acid groups (broad SMARTS) is 1. The SMILES string of the molecule is Cn1ccnc1CCCCCCCCCCCCCCCCCCCC(=O)O. The number of nitrogens with zero attached hydrogens (tertiary/aromatic N) is 2. The molecule has 1 aromatic heterocycles. The molecule has 0 saturated carbocycles. The summed E-state index contributed by atoms with van der Waals surface area (Å²) in [6.07, 6.45) is 27.7. The van der Waals surface area contributed by atoms with E-state index in [-0.39, 0.29) is 0 Å². The van der Waals surface area contributed by atoms with Crippen LogP contribution >= 0.6 is 0 Å². The third-order valence-electron chi connectivity index (χ3n) is 5.71. The van der Waals surface area contributed by atoms with Gasteiger partial charge >= 0.3 is 5.97 Å². The highest BCUT2D eigenvalue weighted by Crippen LogP contribution is 2.14. The van der Waals surface area contributed by atoms with E-state index in [1.807, 2.05) is 12.4 Å². The maximum atomic E-state index is 10.4. The lowest BCUT2D eigenvalue weighted by Crippen LogP contribution is -1.97. The molecule has 1 aromatic rings. The van der Waals surface area contributed by atoms with Gasteiger partial charge in [0.1, 0.15) is 5.82 Å². The van der Waals surface area contributed by atoms with Crippen molar-refractivity contribution >= 4 is 5.97 Å². The monoisotopic (exact) mass is 392 g/mol. The predicted octanol–water partition coefficient (Wildman–Crippen LogP) is 7.07. The minimum Gasteiger partial charge on any atom is -0.481 e. The van der Waals surface area contributed by atoms with Gasteiger partial charge in [0.25, 0.3) is 0 Å². The van der Waals surface area contributed by atoms with Crippen LogP contribution in [0.15, 0.2) is 12.4 Å². The van der Waals surface area contributed by atoms with Crippen molar-refractivity contribution in [2.75, 3.05) is 0 Å². The molecule has 0 spiro atoms. The number of aliphatic carboxylic acids is 1. The third kappa shape index (κ3) is 14.7. The van der Waals surface area contributed by atoms with Crippen LogP contribution in [0.5, 0.6) is 0 Å². The third-order valence-corrected chi connectivity index (χ3v) is 5.71. The summed E-state index contributed by atoms with van der Waals surface area (Å²) in [5, 5.41) is 8.58. The van der Waals surface area contributed by atoms with E-state index in [9.17, 15) is 4.79 Å². The normalized spacial score (nSPS) is 11.2. The Morgan fingerprint density at radius 3 is 1.50 bits per heavy atom. The number of aromatic nitrogens is 2. The molecule has 0 aliphatic carbocycles. The van der Waals surface area contributed by atoms with Crippen molar-refractivity contribution in [3.8, 4) is 0 Å². The first-order chi connectivity index (χ1) is 13.7. The molecule has 4 heteroatoms.